The second-order valence-corrected chi connectivity index (χ2v) is 8.33. The summed E-state index contributed by atoms with van der Waals surface area (Å²) in [6.45, 7) is 4.35. The quantitative estimate of drug-likeness (QED) is 0.699. The van der Waals surface area contributed by atoms with Crippen molar-refractivity contribution in [1.29, 1.82) is 0 Å². The third kappa shape index (κ3) is 2.67. The summed E-state index contributed by atoms with van der Waals surface area (Å²) >= 11 is 0. The van der Waals surface area contributed by atoms with Crippen LogP contribution in [0.4, 0.5) is 0 Å². The van der Waals surface area contributed by atoms with Gasteiger partial charge in [-0.2, -0.15) is 0 Å². The molecule has 4 fully saturated rings. The van der Waals surface area contributed by atoms with Crippen LogP contribution in [0.1, 0.15) is 45.4 Å². The number of nitrogens with one attached hydrogen (secondary N) is 1. The molecule has 114 valence electrons. The largest absolute Gasteiger partial charge is 0.335 e. The van der Waals surface area contributed by atoms with Crippen molar-refractivity contribution in [3.8, 4) is 0 Å². The summed E-state index contributed by atoms with van der Waals surface area (Å²) in [5.41, 5.74) is 0.0929. The van der Waals surface area contributed by atoms with Crippen LogP contribution in [0.15, 0.2) is 0 Å². The molecule has 0 aliphatic heterocycles. The summed E-state index contributed by atoms with van der Waals surface area (Å²) in [6.07, 6.45) is 7.93. The Morgan fingerprint density at radius 3 is 2.10 bits per heavy atom. The summed E-state index contributed by atoms with van der Waals surface area (Å²) < 4.78 is 0. The van der Waals surface area contributed by atoms with E-state index in [1.807, 2.05) is 0 Å². The lowest BCUT2D eigenvalue weighted by atomic mass is 9.48. The van der Waals surface area contributed by atoms with Crippen molar-refractivity contribution >= 4 is 5.78 Å². The average molecular weight is 280 g/mol. The van der Waals surface area contributed by atoms with Crippen LogP contribution in [-0.4, -0.2) is 39.0 Å². The molecule has 20 heavy (non-hydrogen) atoms. The molecule has 3 heteroatoms. The summed E-state index contributed by atoms with van der Waals surface area (Å²) in [5, 5.41) is 2.29. The lowest BCUT2D eigenvalue weighted by molar-refractivity contribution is -0.875. The molecule has 4 saturated carbocycles. The molecule has 4 aliphatic rings. The van der Waals surface area contributed by atoms with Gasteiger partial charge in [-0.3, -0.25) is 4.79 Å². The smallest absolute Gasteiger partial charge is 0.195 e. The van der Waals surface area contributed by atoms with Crippen molar-refractivity contribution in [1.82, 2.24) is 0 Å². The topological polar surface area (TPSA) is 38.1 Å². The highest BCUT2D eigenvalue weighted by molar-refractivity contribution is 5.88. The Bertz CT molecular complexity index is 342. The van der Waals surface area contributed by atoms with Crippen molar-refractivity contribution < 1.29 is 15.0 Å². The first-order valence-electron chi connectivity index (χ1n) is 8.65. The maximum atomic E-state index is 13.0. The number of rotatable bonds is 6. The van der Waals surface area contributed by atoms with Gasteiger partial charge in [0.05, 0.1) is 14.1 Å². The number of hydrogen-bond donors (Lipinski definition) is 2. The molecule has 0 aromatic heterocycles. The van der Waals surface area contributed by atoms with Crippen molar-refractivity contribution in [3.05, 3.63) is 0 Å². The summed E-state index contributed by atoms with van der Waals surface area (Å²) in [7, 11) is 4.36. The number of ketones is 1. The molecular formula is C17H32N2O+2. The summed E-state index contributed by atoms with van der Waals surface area (Å²) in [6, 6.07) is 0.172. The van der Waals surface area contributed by atoms with Crippen LogP contribution in [-0.2, 0) is 4.79 Å². The Balaban J connectivity index is 1.61. The summed E-state index contributed by atoms with van der Waals surface area (Å²) in [5.74, 6) is 3.22. The third-order valence-corrected chi connectivity index (χ3v) is 6.14. The highest BCUT2D eigenvalue weighted by Gasteiger charge is 2.55. The van der Waals surface area contributed by atoms with Gasteiger partial charge in [0, 0.05) is 5.41 Å². The van der Waals surface area contributed by atoms with E-state index in [9.17, 15) is 4.79 Å². The van der Waals surface area contributed by atoms with Crippen LogP contribution < -0.4 is 10.2 Å². The van der Waals surface area contributed by atoms with Crippen LogP contribution in [0.2, 0.25) is 0 Å². The first-order valence-corrected chi connectivity index (χ1v) is 8.65. The third-order valence-electron chi connectivity index (χ3n) is 6.14. The zero-order chi connectivity index (χ0) is 14.3. The fraction of sp³-hybridized carbons (Fsp3) is 0.941. The van der Waals surface area contributed by atoms with Gasteiger partial charge >= 0.3 is 0 Å². The maximum Gasteiger partial charge on any atom is 0.195 e. The van der Waals surface area contributed by atoms with Gasteiger partial charge in [-0.1, -0.05) is 0 Å². The molecule has 0 spiro atoms. The van der Waals surface area contributed by atoms with Crippen LogP contribution in [0.25, 0.3) is 0 Å². The molecule has 1 atom stereocenters. The van der Waals surface area contributed by atoms with Gasteiger partial charge in [-0.15, -0.1) is 0 Å². The number of carbonyl (C=O) groups is 1. The Hall–Kier alpha value is -0.410. The van der Waals surface area contributed by atoms with Crippen molar-refractivity contribution in [3.63, 3.8) is 0 Å². The Labute approximate surface area is 123 Å². The Kier molecular flexibility index (Phi) is 3.93. The first-order chi connectivity index (χ1) is 9.48. The zero-order valence-electron chi connectivity index (χ0n) is 13.5. The van der Waals surface area contributed by atoms with Crippen molar-refractivity contribution in [2.45, 2.75) is 51.5 Å². The fourth-order valence-corrected chi connectivity index (χ4v) is 5.62. The van der Waals surface area contributed by atoms with Crippen LogP contribution in [0.5, 0.6) is 0 Å². The van der Waals surface area contributed by atoms with Gasteiger partial charge in [-0.25, -0.2) is 0 Å². The number of hydrogen-bond acceptors (Lipinski definition) is 1. The van der Waals surface area contributed by atoms with Crippen LogP contribution in [0.3, 0.4) is 0 Å². The van der Waals surface area contributed by atoms with Gasteiger partial charge < -0.3 is 10.2 Å². The van der Waals surface area contributed by atoms with E-state index in [1.54, 1.807) is 0 Å². The first kappa shape index (κ1) is 14.5. The molecule has 4 aliphatic carbocycles. The highest BCUT2D eigenvalue weighted by Crippen LogP contribution is 2.60. The van der Waals surface area contributed by atoms with Gasteiger partial charge in [0.1, 0.15) is 19.1 Å². The summed E-state index contributed by atoms with van der Waals surface area (Å²) in [4.78, 5) is 14.5. The predicted molar refractivity (Wildman–Crippen MR) is 79.5 cm³/mol. The number of Topliss-reactive ketones (excluding diaryl/α,β-unsaturated/α-hetero) is 1. The molecule has 0 unspecified atom stereocenters. The van der Waals surface area contributed by atoms with E-state index in [0.717, 1.165) is 30.8 Å². The van der Waals surface area contributed by atoms with E-state index < -0.39 is 0 Å². The number of carbonyl (C=O) groups excluding carboxylic acids is 1. The molecule has 0 radical (unpaired) electrons. The molecule has 0 aromatic rings. The minimum atomic E-state index is 0.0929. The molecule has 3 N–H and O–H groups in total. The molecule has 0 saturated heterocycles. The fourth-order valence-electron chi connectivity index (χ4n) is 5.62. The van der Waals surface area contributed by atoms with E-state index >= 15 is 0 Å². The zero-order valence-corrected chi connectivity index (χ0v) is 13.5. The van der Waals surface area contributed by atoms with E-state index in [1.165, 1.54) is 43.4 Å². The number of quaternary nitrogens is 2. The van der Waals surface area contributed by atoms with Crippen LogP contribution >= 0.6 is 0 Å². The molecule has 0 heterocycles. The van der Waals surface area contributed by atoms with Crippen molar-refractivity contribution in [2.75, 3.05) is 27.2 Å². The molecule has 3 nitrogen and oxygen atoms in total. The van der Waals surface area contributed by atoms with Gasteiger partial charge in [-0.05, 0) is 63.2 Å². The van der Waals surface area contributed by atoms with Crippen LogP contribution in [0, 0.1) is 23.2 Å². The van der Waals surface area contributed by atoms with E-state index in [-0.39, 0.29) is 11.5 Å². The van der Waals surface area contributed by atoms with Gasteiger partial charge in [0.15, 0.2) is 5.78 Å². The molecule has 0 aromatic carbocycles. The second-order valence-electron chi connectivity index (χ2n) is 8.33. The lowest BCUT2D eigenvalue weighted by Crippen LogP contribution is -3.10. The standard InChI is InChI=1S/C17H30N2O/c1-12(18-4-5-19(2)3)16(20)17-9-13-6-14(10-17)8-15(7-13)11-17/h12-15,18H,4-11H2,1-3H3/p+2/t12-,13?,14?,15?,17?/m0/s1. The highest BCUT2D eigenvalue weighted by atomic mass is 16.1. The predicted octanol–water partition coefficient (Wildman–Crippen LogP) is -0.132. The maximum absolute atomic E-state index is 13.0. The number of nitrogens with two attached hydrogens (primary N) is 1. The SMILES string of the molecule is C[C@H]([NH2+]CC[NH+](C)C)C(=O)C12CC3CC(CC(C3)C1)C2. The number of likely N-dealkylation sites (N-methyl/N-ethyl adjacent to an activating group) is 1. The Morgan fingerprint density at radius 2 is 1.65 bits per heavy atom. The molecule has 4 bridgehead atoms. The molecule has 4 rings (SSSR count). The lowest BCUT2D eigenvalue weighted by Gasteiger charge is -2.56. The van der Waals surface area contributed by atoms with E-state index in [4.69, 9.17) is 0 Å². The Morgan fingerprint density at radius 1 is 1.15 bits per heavy atom. The average Bonchev–Trinajstić information content (AvgIpc) is 2.35. The molecular weight excluding hydrogens is 248 g/mol. The second kappa shape index (κ2) is 5.42. The molecule has 0 amide bonds. The minimum Gasteiger partial charge on any atom is -0.335 e. The van der Waals surface area contributed by atoms with E-state index in [0.29, 0.717) is 5.78 Å². The minimum absolute atomic E-state index is 0.0929. The van der Waals surface area contributed by atoms with Gasteiger partial charge in [0.25, 0.3) is 0 Å². The monoisotopic (exact) mass is 280 g/mol. The van der Waals surface area contributed by atoms with Crippen molar-refractivity contribution in [2.24, 2.45) is 23.2 Å². The van der Waals surface area contributed by atoms with Gasteiger partial charge in [0.2, 0.25) is 0 Å². The normalized spacial score (nSPS) is 40.3. The van der Waals surface area contributed by atoms with E-state index in [2.05, 4.69) is 26.3 Å².